The SMILES string of the molecule is NC(Cc1ccc(O)cc1)C(=O)O.O=C(O)CC(O)C(=O)O. The highest BCUT2D eigenvalue weighted by atomic mass is 16.4. The van der Waals surface area contributed by atoms with E-state index in [1.807, 2.05) is 0 Å². The number of aromatic hydroxyl groups is 1. The molecule has 9 nitrogen and oxygen atoms in total. The number of phenolic OH excluding ortho intramolecular Hbond substituents is 1. The van der Waals surface area contributed by atoms with Crippen LogP contribution in [0.5, 0.6) is 5.75 Å². The number of hydrogen-bond donors (Lipinski definition) is 6. The van der Waals surface area contributed by atoms with Crippen molar-refractivity contribution >= 4 is 17.9 Å². The zero-order valence-electron chi connectivity index (χ0n) is 11.4. The second kappa shape index (κ2) is 9.32. The molecule has 9 heteroatoms. The molecule has 0 aliphatic rings. The Kier molecular flexibility index (Phi) is 8.19. The molecule has 0 fully saturated rings. The van der Waals surface area contributed by atoms with E-state index in [2.05, 4.69) is 0 Å². The van der Waals surface area contributed by atoms with Crippen molar-refractivity contribution in [2.24, 2.45) is 5.73 Å². The van der Waals surface area contributed by atoms with Crippen LogP contribution in [0.2, 0.25) is 0 Å². The summed E-state index contributed by atoms with van der Waals surface area (Å²) in [5.41, 5.74) is 6.12. The number of carbonyl (C=O) groups is 3. The smallest absolute Gasteiger partial charge is 0.333 e. The Hall–Kier alpha value is -2.65. The molecule has 22 heavy (non-hydrogen) atoms. The highest BCUT2D eigenvalue weighted by Crippen LogP contribution is 2.10. The number of carboxylic acid groups (broad SMARTS) is 3. The standard InChI is InChI=1S/C9H11NO3.C4H6O5/c10-8(9(12)13)5-6-1-3-7(11)4-2-6;5-2(4(8)9)1-3(6)7/h1-4,8,11H,5,10H2,(H,12,13);2,5H,1H2,(H,6,7)(H,8,9). The molecular weight excluding hydrogens is 298 g/mol. The van der Waals surface area contributed by atoms with E-state index in [0.717, 1.165) is 5.56 Å². The summed E-state index contributed by atoms with van der Waals surface area (Å²) in [6.45, 7) is 0. The summed E-state index contributed by atoms with van der Waals surface area (Å²) < 4.78 is 0. The number of aliphatic carboxylic acids is 3. The van der Waals surface area contributed by atoms with Crippen LogP contribution in [0.25, 0.3) is 0 Å². The van der Waals surface area contributed by atoms with E-state index in [0.29, 0.717) is 0 Å². The third kappa shape index (κ3) is 8.51. The first-order valence-corrected chi connectivity index (χ1v) is 6.02. The molecule has 0 aliphatic carbocycles. The lowest BCUT2D eigenvalue weighted by Crippen LogP contribution is -2.32. The van der Waals surface area contributed by atoms with Gasteiger partial charge in [0.05, 0.1) is 6.42 Å². The topological polar surface area (TPSA) is 178 Å². The van der Waals surface area contributed by atoms with Gasteiger partial charge in [-0.1, -0.05) is 12.1 Å². The van der Waals surface area contributed by atoms with E-state index in [1.54, 1.807) is 12.1 Å². The highest BCUT2D eigenvalue weighted by Gasteiger charge is 2.16. The molecule has 0 radical (unpaired) electrons. The average Bonchev–Trinajstić information content (AvgIpc) is 2.41. The van der Waals surface area contributed by atoms with Crippen LogP contribution in [0.1, 0.15) is 12.0 Å². The van der Waals surface area contributed by atoms with Gasteiger partial charge in [-0.3, -0.25) is 9.59 Å². The molecule has 0 amide bonds. The van der Waals surface area contributed by atoms with Crippen LogP contribution in [0.15, 0.2) is 24.3 Å². The fraction of sp³-hybridized carbons (Fsp3) is 0.308. The molecule has 0 spiro atoms. The van der Waals surface area contributed by atoms with Crippen LogP contribution in [0.4, 0.5) is 0 Å². The summed E-state index contributed by atoms with van der Waals surface area (Å²) in [6, 6.07) is 5.42. The first-order valence-electron chi connectivity index (χ1n) is 6.02. The molecule has 2 unspecified atom stereocenters. The largest absolute Gasteiger partial charge is 0.508 e. The Morgan fingerprint density at radius 1 is 1.00 bits per heavy atom. The maximum atomic E-state index is 10.4. The van der Waals surface area contributed by atoms with E-state index in [1.165, 1.54) is 12.1 Å². The first-order chi connectivity index (χ1) is 10.1. The van der Waals surface area contributed by atoms with Crippen LogP contribution >= 0.6 is 0 Å². The molecule has 7 N–H and O–H groups in total. The van der Waals surface area contributed by atoms with E-state index in [-0.39, 0.29) is 12.2 Å². The Morgan fingerprint density at radius 3 is 1.82 bits per heavy atom. The predicted octanol–water partition coefficient (Wildman–Crippen LogP) is -0.747. The van der Waals surface area contributed by atoms with E-state index in [4.69, 9.17) is 31.3 Å². The summed E-state index contributed by atoms with van der Waals surface area (Å²) in [5, 5.41) is 41.6. The lowest BCUT2D eigenvalue weighted by Gasteiger charge is -2.05. The van der Waals surface area contributed by atoms with Crippen LogP contribution < -0.4 is 5.73 Å². The lowest BCUT2D eigenvalue weighted by molar-refractivity contribution is -0.152. The van der Waals surface area contributed by atoms with Crippen LogP contribution in [0.3, 0.4) is 0 Å². The number of nitrogens with two attached hydrogens (primary N) is 1. The van der Waals surface area contributed by atoms with Gasteiger partial charge in [-0.2, -0.15) is 0 Å². The van der Waals surface area contributed by atoms with Crippen LogP contribution in [-0.2, 0) is 20.8 Å². The Bertz CT molecular complexity index is 513. The van der Waals surface area contributed by atoms with Gasteiger partial charge in [0.2, 0.25) is 0 Å². The molecule has 1 aromatic carbocycles. The van der Waals surface area contributed by atoms with Crippen molar-refractivity contribution in [2.45, 2.75) is 25.0 Å². The van der Waals surface area contributed by atoms with E-state index >= 15 is 0 Å². The molecule has 1 rings (SSSR count). The number of carboxylic acids is 3. The lowest BCUT2D eigenvalue weighted by atomic mass is 10.1. The minimum Gasteiger partial charge on any atom is -0.508 e. The van der Waals surface area contributed by atoms with Crippen LogP contribution in [0, 0.1) is 0 Å². The van der Waals surface area contributed by atoms with Crippen molar-refractivity contribution in [3.63, 3.8) is 0 Å². The number of phenols is 1. The average molecular weight is 315 g/mol. The maximum absolute atomic E-state index is 10.4. The summed E-state index contributed by atoms with van der Waals surface area (Å²) in [5.74, 6) is -3.71. The van der Waals surface area contributed by atoms with Crippen molar-refractivity contribution in [1.29, 1.82) is 0 Å². The van der Waals surface area contributed by atoms with Crippen LogP contribution in [-0.4, -0.2) is 55.6 Å². The zero-order valence-corrected chi connectivity index (χ0v) is 11.4. The van der Waals surface area contributed by atoms with Gasteiger partial charge >= 0.3 is 17.9 Å². The minimum atomic E-state index is -1.79. The van der Waals surface area contributed by atoms with Crippen molar-refractivity contribution in [3.05, 3.63) is 29.8 Å². The number of rotatable bonds is 6. The molecule has 0 heterocycles. The molecule has 0 aliphatic heterocycles. The van der Waals surface area contributed by atoms with E-state index in [9.17, 15) is 14.4 Å². The molecule has 0 saturated heterocycles. The quantitative estimate of drug-likeness (QED) is 0.394. The fourth-order valence-electron chi connectivity index (χ4n) is 1.23. The number of hydrogen-bond acceptors (Lipinski definition) is 6. The number of aliphatic hydroxyl groups excluding tert-OH is 1. The van der Waals surface area contributed by atoms with Gasteiger partial charge in [-0.25, -0.2) is 4.79 Å². The van der Waals surface area contributed by atoms with Crippen molar-refractivity contribution in [2.75, 3.05) is 0 Å². The number of benzene rings is 1. The summed E-state index contributed by atoms with van der Waals surface area (Å²) in [7, 11) is 0. The second-order valence-electron chi connectivity index (χ2n) is 4.27. The molecule has 122 valence electrons. The molecule has 0 bridgehead atoms. The van der Waals surface area contributed by atoms with Gasteiger partial charge in [0.25, 0.3) is 0 Å². The second-order valence-corrected chi connectivity index (χ2v) is 4.27. The minimum absolute atomic E-state index is 0.160. The van der Waals surface area contributed by atoms with Gasteiger partial charge in [-0.15, -0.1) is 0 Å². The molecule has 2 atom stereocenters. The summed E-state index contributed by atoms with van der Waals surface area (Å²) >= 11 is 0. The van der Waals surface area contributed by atoms with Gasteiger partial charge < -0.3 is 31.3 Å². The summed E-state index contributed by atoms with van der Waals surface area (Å²) in [4.78, 5) is 29.8. The normalized spacial score (nSPS) is 12.5. The van der Waals surface area contributed by atoms with E-state index < -0.39 is 36.5 Å². The van der Waals surface area contributed by atoms with Crippen molar-refractivity contribution in [3.8, 4) is 5.75 Å². The Labute approximate surface area is 125 Å². The number of aliphatic hydroxyl groups is 1. The van der Waals surface area contributed by atoms with Gasteiger partial charge in [0, 0.05) is 0 Å². The van der Waals surface area contributed by atoms with Crippen molar-refractivity contribution in [1.82, 2.24) is 0 Å². The Morgan fingerprint density at radius 2 is 1.50 bits per heavy atom. The molecule has 1 aromatic rings. The highest BCUT2D eigenvalue weighted by molar-refractivity contribution is 5.79. The predicted molar refractivity (Wildman–Crippen MR) is 73.3 cm³/mol. The fourth-order valence-corrected chi connectivity index (χ4v) is 1.23. The maximum Gasteiger partial charge on any atom is 0.333 e. The molecule has 0 saturated carbocycles. The first kappa shape index (κ1) is 19.4. The molecular formula is C13H17NO8. The monoisotopic (exact) mass is 315 g/mol. The third-order valence-corrected chi connectivity index (χ3v) is 2.36. The van der Waals surface area contributed by atoms with Gasteiger partial charge in [0.1, 0.15) is 11.8 Å². The summed E-state index contributed by atoms with van der Waals surface area (Å²) in [6.07, 6.45) is -2.27. The van der Waals surface area contributed by atoms with Gasteiger partial charge in [-0.05, 0) is 24.1 Å². The third-order valence-electron chi connectivity index (χ3n) is 2.36. The van der Waals surface area contributed by atoms with Gasteiger partial charge in [0.15, 0.2) is 6.10 Å². The van der Waals surface area contributed by atoms with Crippen molar-refractivity contribution < 1.29 is 39.9 Å². The zero-order chi connectivity index (χ0) is 17.3. The Balaban J connectivity index is 0.000000433. The molecule has 0 aromatic heterocycles.